The maximum Gasteiger partial charge on any atom is 0.230 e. The number of nitrogens with zero attached hydrogens (tertiary/aromatic N) is 3. The van der Waals surface area contributed by atoms with Gasteiger partial charge >= 0.3 is 0 Å². The van der Waals surface area contributed by atoms with Gasteiger partial charge in [0, 0.05) is 19.2 Å². The number of hydrogen-bond donors (Lipinski definition) is 0. The third-order valence-electron chi connectivity index (χ3n) is 6.25. The fraction of sp³-hybridized carbons (Fsp3) is 0.650. The fourth-order valence-electron chi connectivity index (χ4n) is 4.92. The van der Waals surface area contributed by atoms with E-state index in [1.807, 2.05) is 30.0 Å². The molecule has 0 saturated carbocycles. The topological polar surface area (TPSA) is 75.9 Å². The fourth-order valence-corrected chi connectivity index (χ4v) is 4.92. The summed E-state index contributed by atoms with van der Waals surface area (Å²) in [6, 6.07) is 2.01. The largest absolute Gasteiger partial charge is 0.361 e. The van der Waals surface area contributed by atoms with E-state index in [9.17, 15) is 9.59 Å². The zero-order valence-electron chi connectivity index (χ0n) is 16.3. The number of fused-ring (bicyclic) bond motifs is 1. The monoisotopic (exact) mass is 373 g/mol. The molecule has 4 heterocycles. The standard InChI is InChI=1S/C20H27N3O4/c1-5-14(6-2)23-11-20-8-7-15(26-20)16(17(20)19(23)25)18(24)22(4)10-13-9-12(3)27-21-13/h7-9,14-17H,5-6,10-11H2,1-4H3/t15-,16+,17+,20-/m0/s1. The smallest absolute Gasteiger partial charge is 0.230 e. The van der Waals surface area contributed by atoms with Gasteiger partial charge in [-0.15, -0.1) is 0 Å². The van der Waals surface area contributed by atoms with Crippen molar-refractivity contribution in [2.75, 3.05) is 13.6 Å². The second-order valence-corrected chi connectivity index (χ2v) is 7.96. The molecule has 1 aromatic rings. The Morgan fingerprint density at radius 3 is 2.81 bits per heavy atom. The highest BCUT2D eigenvalue weighted by Gasteiger charge is 2.67. The SMILES string of the molecule is CCC(CC)N1C[C@]23C=C[C@H](O2)[C@@H](C(=O)N(C)Cc2cc(C)on2)[C@@H]3C1=O. The van der Waals surface area contributed by atoms with Crippen LogP contribution in [-0.4, -0.2) is 58.1 Å². The van der Waals surface area contributed by atoms with Gasteiger partial charge in [0.1, 0.15) is 17.1 Å². The number of hydrogen-bond acceptors (Lipinski definition) is 5. The quantitative estimate of drug-likeness (QED) is 0.712. The van der Waals surface area contributed by atoms with Crippen LogP contribution in [0.3, 0.4) is 0 Å². The number of carbonyl (C=O) groups excluding carboxylic acids is 2. The molecule has 0 aromatic carbocycles. The van der Waals surface area contributed by atoms with Crippen LogP contribution in [0.5, 0.6) is 0 Å². The summed E-state index contributed by atoms with van der Waals surface area (Å²) in [5.74, 6) is -0.207. The van der Waals surface area contributed by atoms with Gasteiger partial charge in [0.2, 0.25) is 11.8 Å². The summed E-state index contributed by atoms with van der Waals surface area (Å²) in [5.41, 5.74) is 0.0600. The van der Waals surface area contributed by atoms with E-state index in [0.717, 1.165) is 12.8 Å². The van der Waals surface area contributed by atoms with Crippen LogP contribution in [0.2, 0.25) is 0 Å². The number of likely N-dealkylation sites (tertiary alicyclic amines) is 1. The summed E-state index contributed by atoms with van der Waals surface area (Å²) in [6.45, 7) is 6.91. The molecule has 1 spiro atoms. The molecule has 2 fully saturated rings. The lowest BCUT2D eigenvalue weighted by Crippen LogP contribution is -2.45. The lowest BCUT2D eigenvalue weighted by Gasteiger charge is -2.29. The molecule has 0 radical (unpaired) electrons. The molecular weight excluding hydrogens is 346 g/mol. The Balaban J connectivity index is 1.56. The van der Waals surface area contributed by atoms with Gasteiger partial charge in [0.15, 0.2) is 0 Å². The molecule has 2 amide bonds. The van der Waals surface area contributed by atoms with Gasteiger partial charge in [-0.05, 0) is 19.8 Å². The molecule has 0 N–H and O–H groups in total. The van der Waals surface area contributed by atoms with Crippen molar-refractivity contribution in [3.63, 3.8) is 0 Å². The van der Waals surface area contributed by atoms with Crippen molar-refractivity contribution < 1.29 is 18.8 Å². The first-order chi connectivity index (χ1) is 12.9. The Hall–Kier alpha value is -2.15. The highest BCUT2D eigenvalue weighted by atomic mass is 16.5. The first-order valence-corrected chi connectivity index (χ1v) is 9.75. The van der Waals surface area contributed by atoms with E-state index in [0.29, 0.717) is 24.5 Å². The minimum Gasteiger partial charge on any atom is -0.361 e. The third-order valence-corrected chi connectivity index (χ3v) is 6.25. The molecule has 0 unspecified atom stereocenters. The van der Waals surface area contributed by atoms with E-state index in [-0.39, 0.29) is 24.0 Å². The lowest BCUT2D eigenvalue weighted by atomic mass is 9.76. The van der Waals surface area contributed by atoms with Crippen LogP contribution in [0.1, 0.15) is 38.1 Å². The molecule has 1 aromatic heterocycles. The van der Waals surface area contributed by atoms with Crippen LogP contribution >= 0.6 is 0 Å². The van der Waals surface area contributed by atoms with Crippen LogP contribution in [0.15, 0.2) is 22.7 Å². The zero-order chi connectivity index (χ0) is 19.3. The summed E-state index contributed by atoms with van der Waals surface area (Å²) in [5, 5.41) is 3.96. The number of rotatable bonds is 6. The third kappa shape index (κ3) is 2.71. The van der Waals surface area contributed by atoms with Gasteiger partial charge in [0.05, 0.1) is 31.0 Å². The highest BCUT2D eigenvalue weighted by molar-refractivity contribution is 5.93. The molecule has 2 saturated heterocycles. The summed E-state index contributed by atoms with van der Waals surface area (Å²) >= 11 is 0. The Morgan fingerprint density at radius 1 is 1.44 bits per heavy atom. The number of carbonyl (C=O) groups is 2. The van der Waals surface area contributed by atoms with Gasteiger partial charge in [0.25, 0.3) is 0 Å². The summed E-state index contributed by atoms with van der Waals surface area (Å²) in [4.78, 5) is 30.0. The molecule has 146 valence electrons. The summed E-state index contributed by atoms with van der Waals surface area (Å²) in [7, 11) is 1.74. The van der Waals surface area contributed by atoms with Crippen LogP contribution in [0, 0.1) is 18.8 Å². The highest BCUT2D eigenvalue weighted by Crippen LogP contribution is 2.52. The van der Waals surface area contributed by atoms with Gasteiger partial charge in [-0.3, -0.25) is 9.59 Å². The summed E-state index contributed by atoms with van der Waals surface area (Å²) < 4.78 is 11.3. The van der Waals surface area contributed by atoms with Gasteiger partial charge < -0.3 is 19.1 Å². The zero-order valence-corrected chi connectivity index (χ0v) is 16.3. The number of aryl methyl sites for hydroxylation is 1. The van der Waals surface area contributed by atoms with Crippen LogP contribution in [0.4, 0.5) is 0 Å². The predicted molar refractivity (Wildman–Crippen MR) is 97.5 cm³/mol. The van der Waals surface area contributed by atoms with E-state index < -0.39 is 17.4 Å². The van der Waals surface area contributed by atoms with Crippen molar-refractivity contribution in [1.29, 1.82) is 0 Å². The lowest BCUT2D eigenvalue weighted by molar-refractivity contribution is -0.143. The van der Waals surface area contributed by atoms with E-state index >= 15 is 0 Å². The molecule has 3 aliphatic heterocycles. The van der Waals surface area contributed by atoms with Gasteiger partial charge in [-0.2, -0.15) is 0 Å². The first-order valence-electron chi connectivity index (χ1n) is 9.75. The van der Waals surface area contributed by atoms with E-state index in [4.69, 9.17) is 9.26 Å². The maximum atomic E-state index is 13.2. The average molecular weight is 373 g/mol. The van der Waals surface area contributed by atoms with E-state index in [2.05, 4.69) is 19.0 Å². The molecule has 0 aliphatic carbocycles. The van der Waals surface area contributed by atoms with Crippen molar-refractivity contribution in [2.24, 2.45) is 11.8 Å². The molecule has 2 bridgehead atoms. The van der Waals surface area contributed by atoms with Gasteiger partial charge in [-0.25, -0.2) is 0 Å². The Morgan fingerprint density at radius 2 is 2.19 bits per heavy atom. The predicted octanol–water partition coefficient (Wildman–Crippen LogP) is 1.91. The van der Waals surface area contributed by atoms with Crippen molar-refractivity contribution in [3.8, 4) is 0 Å². The van der Waals surface area contributed by atoms with Crippen molar-refractivity contribution in [2.45, 2.75) is 57.9 Å². The Bertz CT molecular complexity index is 784. The normalized spacial score (nSPS) is 31.2. The molecule has 7 heteroatoms. The van der Waals surface area contributed by atoms with Crippen molar-refractivity contribution in [3.05, 3.63) is 29.7 Å². The minimum absolute atomic E-state index is 0.0552. The average Bonchev–Trinajstić information content (AvgIpc) is 3.38. The summed E-state index contributed by atoms with van der Waals surface area (Å²) in [6.07, 6.45) is 5.45. The number of ether oxygens (including phenoxy) is 1. The van der Waals surface area contributed by atoms with E-state index in [1.165, 1.54) is 0 Å². The minimum atomic E-state index is -0.643. The van der Waals surface area contributed by atoms with Gasteiger partial charge in [-0.1, -0.05) is 31.2 Å². The molecular formula is C20H27N3O4. The first kappa shape index (κ1) is 18.2. The molecule has 4 atom stereocenters. The maximum absolute atomic E-state index is 13.2. The van der Waals surface area contributed by atoms with Crippen molar-refractivity contribution in [1.82, 2.24) is 15.0 Å². The van der Waals surface area contributed by atoms with Crippen molar-refractivity contribution >= 4 is 11.8 Å². The second-order valence-electron chi connectivity index (χ2n) is 7.96. The number of aromatic nitrogens is 1. The van der Waals surface area contributed by atoms with Crippen LogP contribution < -0.4 is 0 Å². The van der Waals surface area contributed by atoms with Crippen LogP contribution in [0.25, 0.3) is 0 Å². The second kappa shape index (κ2) is 6.48. The number of amides is 2. The van der Waals surface area contributed by atoms with E-state index in [1.54, 1.807) is 11.9 Å². The molecule has 4 rings (SSSR count). The molecule has 7 nitrogen and oxygen atoms in total. The molecule has 27 heavy (non-hydrogen) atoms. The Labute approximate surface area is 159 Å². The van der Waals surface area contributed by atoms with Crippen LogP contribution in [-0.2, 0) is 20.9 Å². The Kier molecular flexibility index (Phi) is 4.37. The molecule has 3 aliphatic rings.